The van der Waals surface area contributed by atoms with Gasteiger partial charge in [-0.1, -0.05) is 29.3 Å². The first-order valence-corrected chi connectivity index (χ1v) is 6.15. The van der Waals surface area contributed by atoms with Gasteiger partial charge in [0.1, 0.15) is 0 Å². The highest BCUT2D eigenvalue weighted by Crippen LogP contribution is 2.22. The van der Waals surface area contributed by atoms with Gasteiger partial charge in [0.2, 0.25) is 0 Å². The zero-order valence-corrected chi connectivity index (χ0v) is 9.16. The summed E-state index contributed by atoms with van der Waals surface area (Å²) >= 11 is 11.6. The molecule has 1 rings (SSSR count). The van der Waals surface area contributed by atoms with E-state index in [1.807, 2.05) is 0 Å². The molecule has 0 saturated carbocycles. The lowest BCUT2D eigenvalue weighted by molar-refractivity contribution is 0.566. The first-order valence-electron chi connectivity index (χ1n) is 3.40. The van der Waals surface area contributed by atoms with Crippen molar-refractivity contribution in [1.29, 1.82) is 0 Å². The fourth-order valence-electron chi connectivity index (χ4n) is 0.842. The Labute approximate surface area is 87.3 Å². The van der Waals surface area contributed by atoms with Crippen LogP contribution in [0.2, 0.25) is 10.0 Å². The van der Waals surface area contributed by atoms with Crippen molar-refractivity contribution in [2.45, 2.75) is 0 Å². The minimum Gasteiger partial charge on any atom is -0.314 e. The van der Waals surface area contributed by atoms with Crippen molar-refractivity contribution in [3.63, 3.8) is 0 Å². The first-order chi connectivity index (χ1) is 5.90. The maximum Gasteiger partial charge on any atom is 0.0792 e. The molecule has 0 fully saturated rings. The fraction of sp³-hybridized carbons (Fsp3) is 0.125. The number of rotatable bonds is 1. The molecule has 0 saturated heterocycles. The minimum atomic E-state index is -2.97. The summed E-state index contributed by atoms with van der Waals surface area (Å²) in [7, 11) is -2.97. The zero-order chi connectivity index (χ0) is 10.1. The SMILES string of the molecule is CS(=O)(O)=Cc1c(Cl)cccc1Cl. The highest BCUT2D eigenvalue weighted by Gasteiger charge is 2.04. The van der Waals surface area contributed by atoms with Crippen molar-refractivity contribution in [1.82, 2.24) is 0 Å². The molecule has 2 nitrogen and oxygen atoms in total. The third-order valence-electron chi connectivity index (χ3n) is 1.34. The molecule has 0 aromatic heterocycles. The van der Waals surface area contributed by atoms with E-state index in [0.717, 1.165) is 5.37 Å². The Morgan fingerprint density at radius 3 is 2.23 bits per heavy atom. The highest BCUT2D eigenvalue weighted by molar-refractivity contribution is 7.95. The molecule has 72 valence electrons. The summed E-state index contributed by atoms with van der Waals surface area (Å²) in [6.07, 6.45) is 1.20. The Bertz CT molecular complexity index is 406. The lowest BCUT2D eigenvalue weighted by Gasteiger charge is -2.01. The molecule has 0 aliphatic rings. The molecule has 1 aromatic carbocycles. The molecule has 1 atom stereocenters. The van der Waals surface area contributed by atoms with Crippen LogP contribution in [0.3, 0.4) is 0 Å². The van der Waals surface area contributed by atoms with Crippen molar-refractivity contribution in [2.24, 2.45) is 0 Å². The van der Waals surface area contributed by atoms with E-state index in [4.69, 9.17) is 27.8 Å². The summed E-state index contributed by atoms with van der Waals surface area (Å²) in [5.41, 5.74) is 0.404. The molecule has 1 N–H and O–H groups in total. The normalized spacial score (nSPS) is 15.1. The van der Waals surface area contributed by atoms with E-state index in [9.17, 15) is 4.21 Å². The second-order valence-electron chi connectivity index (χ2n) is 2.61. The molecule has 13 heavy (non-hydrogen) atoms. The van der Waals surface area contributed by atoms with Gasteiger partial charge in [0.25, 0.3) is 0 Å². The molecule has 0 aliphatic carbocycles. The van der Waals surface area contributed by atoms with Crippen molar-refractivity contribution in [3.05, 3.63) is 33.8 Å². The van der Waals surface area contributed by atoms with Crippen LogP contribution in [0.5, 0.6) is 0 Å². The van der Waals surface area contributed by atoms with Crippen LogP contribution in [0, 0.1) is 0 Å². The van der Waals surface area contributed by atoms with Crippen LogP contribution in [0.1, 0.15) is 5.56 Å². The average Bonchev–Trinajstić information content (AvgIpc) is 1.95. The predicted molar refractivity (Wildman–Crippen MR) is 58.3 cm³/mol. The average molecular weight is 239 g/mol. The molecule has 5 heteroatoms. The van der Waals surface area contributed by atoms with Crippen LogP contribution in [0.25, 0.3) is 0 Å². The van der Waals surface area contributed by atoms with Gasteiger partial charge in [-0.25, -0.2) is 4.21 Å². The molecule has 0 heterocycles. The monoisotopic (exact) mass is 238 g/mol. The molecule has 1 unspecified atom stereocenters. The van der Waals surface area contributed by atoms with E-state index in [1.54, 1.807) is 18.2 Å². The Morgan fingerprint density at radius 1 is 1.38 bits per heavy atom. The van der Waals surface area contributed by atoms with Gasteiger partial charge in [-0.05, 0) is 12.1 Å². The van der Waals surface area contributed by atoms with Crippen molar-refractivity contribution in [2.75, 3.05) is 6.26 Å². The third kappa shape index (κ3) is 3.19. The van der Waals surface area contributed by atoms with Gasteiger partial charge in [-0.15, -0.1) is 0 Å². The van der Waals surface area contributed by atoms with Crippen molar-refractivity contribution >= 4 is 38.4 Å². The Hall–Kier alpha value is -0.220. The highest BCUT2D eigenvalue weighted by atomic mass is 35.5. The summed E-state index contributed by atoms with van der Waals surface area (Å²) in [5.74, 6) is 0. The van der Waals surface area contributed by atoms with Crippen LogP contribution < -0.4 is 0 Å². The van der Waals surface area contributed by atoms with Crippen LogP contribution in [0.4, 0.5) is 0 Å². The van der Waals surface area contributed by atoms with E-state index < -0.39 is 9.80 Å². The molecule has 0 radical (unpaired) electrons. The summed E-state index contributed by atoms with van der Waals surface area (Å²) < 4.78 is 20.1. The van der Waals surface area contributed by atoms with Gasteiger partial charge < -0.3 is 4.55 Å². The lowest BCUT2D eigenvalue weighted by atomic mass is 10.2. The predicted octanol–water partition coefficient (Wildman–Crippen LogP) is 2.53. The lowest BCUT2D eigenvalue weighted by Crippen LogP contribution is -2.00. The van der Waals surface area contributed by atoms with Crippen molar-refractivity contribution < 1.29 is 8.76 Å². The molecule has 0 bridgehead atoms. The molecule has 0 spiro atoms. The molecule has 0 aliphatic heterocycles. The Morgan fingerprint density at radius 2 is 1.85 bits per heavy atom. The maximum atomic E-state index is 11.0. The van der Waals surface area contributed by atoms with E-state index in [2.05, 4.69) is 0 Å². The van der Waals surface area contributed by atoms with Gasteiger partial charge in [-0.3, -0.25) is 0 Å². The van der Waals surface area contributed by atoms with Gasteiger partial charge >= 0.3 is 0 Å². The van der Waals surface area contributed by atoms with Crippen LogP contribution in [-0.2, 0) is 9.80 Å². The largest absolute Gasteiger partial charge is 0.314 e. The van der Waals surface area contributed by atoms with Crippen LogP contribution in [-0.4, -0.2) is 20.4 Å². The fourth-order valence-corrected chi connectivity index (χ4v) is 2.17. The number of benzene rings is 1. The maximum absolute atomic E-state index is 11.0. The number of hydrogen-bond acceptors (Lipinski definition) is 1. The standard InChI is InChI=1S/C8H8Cl2O2S/c1-13(11,12)5-6-7(9)3-2-4-8(6)10/h2-5H,1H3,(H,11,12). The van der Waals surface area contributed by atoms with E-state index >= 15 is 0 Å². The Kier molecular flexibility index (Phi) is 3.24. The van der Waals surface area contributed by atoms with Gasteiger partial charge in [0, 0.05) is 27.2 Å². The summed E-state index contributed by atoms with van der Waals surface area (Å²) in [5, 5.41) is 1.91. The number of hydrogen-bond donors (Lipinski definition) is 1. The topological polar surface area (TPSA) is 37.3 Å². The summed E-state index contributed by atoms with van der Waals surface area (Å²) in [4.78, 5) is 0. The third-order valence-corrected chi connectivity index (χ3v) is 2.67. The van der Waals surface area contributed by atoms with Gasteiger partial charge in [-0.2, -0.15) is 0 Å². The second kappa shape index (κ2) is 3.88. The van der Waals surface area contributed by atoms with Crippen LogP contribution >= 0.6 is 23.2 Å². The molecular weight excluding hydrogens is 231 g/mol. The number of halogens is 2. The Balaban J connectivity index is 3.39. The molecule has 1 aromatic rings. The van der Waals surface area contributed by atoms with Crippen molar-refractivity contribution in [3.8, 4) is 0 Å². The molecule has 0 amide bonds. The smallest absolute Gasteiger partial charge is 0.0792 e. The van der Waals surface area contributed by atoms with E-state index in [1.165, 1.54) is 6.26 Å². The summed E-state index contributed by atoms with van der Waals surface area (Å²) in [6.45, 7) is 0. The molecular formula is C8H8Cl2O2S. The summed E-state index contributed by atoms with van der Waals surface area (Å²) in [6, 6.07) is 4.91. The minimum absolute atomic E-state index is 0.371. The van der Waals surface area contributed by atoms with Gasteiger partial charge in [0.15, 0.2) is 0 Å². The zero-order valence-electron chi connectivity index (χ0n) is 6.83. The second-order valence-corrected chi connectivity index (χ2v) is 5.39. The first kappa shape index (κ1) is 10.9. The van der Waals surface area contributed by atoms with E-state index in [0.29, 0.717) is 15.6 Å². The quantitative estimate of drug-likeness (QED) is 0.764. The van der Waals surface area contributed by atoms with Gasteiger partial charge in [0.05, 0.1) is 9.80 Å². The van der Waals surface area contributed by atoms with E-state index in [-0.39, 0.29) is 0 Å². The van der Waals surface area contributed by atoms with Crippen LogP contribution in [0.15, 0.2) is 18.2 Å².